The maximum absolute atomic E-state index is 12.9. The molecule has 2 amide bonds. The Morgan fingerprint density at radius 1 is 1.03 bits per heavy atom. The summed E-state index contributed by atoms with van der Waals surface area (Å²) in [4.78, 5) is 23.2. The quantitative estimate of drug-likeness (QED) is 0.498. The maximum Gasteiger partial charge on any atom is 0.416 e. The van der Waals surface area contributed by atoms with E-state index in [-0.39, 0.29) is 12.3 Å². The van der Waals surface area contributed by atoms with Gasteiger partial charge in [-0.25, -0.2) is 8.42 Å². The van der Waals surface area contributed by atoms with Crippen LogP contribution in [0.25, 0.3) is 0 Å². The number of carbonyl (C=O) groups excluding carboxylic acids is 2. The molecule has 2 aromatic carbocycles. The fourth-order valence-corrected chi connectivity index (χ4v) is 4.39. The first kappa shape index (κ1) is 25.7. The van der Waals surface area contributed by atoms with Crippen molar-refractivity contribution in [1.82, 2.24) is 4.72 Å². The summed E-state index contributed by atoms with van der Waals surface area (Å²) >= 11 is 1.39. The number of hydrogen-bond donors (Lipinski definition) is 3. The number of nitrogens with one attached hydrogen (secondary N) is 3. The SMILES string of the molecule is CSCC[C@@H](NS(=O)(=O)c1cccc(C(F)(F)F)c1)C(=O)Nc1ccc(NC(C)=O)cc1. The average Bonchev–Trinajstić information content (AvgIpc) is 2.71. The van der Waals surface area contributed by atoms with E-state index in [2.05, 4.69) is 15.4 Å². The molecule has 2 rings (SSSR count). The van der Waals surface area contributed by atoms with Crippen LogP contribution < -0.4 is 15.4 Å². The zero-order valence-corrected chi connectivity index (χ0v) is 18.8. The van der Waals surface area contributed by atoms with Crippen molar-refractivity contribution in [3.8, 4) is 0 Å². The van der Waals surface area contributed by atoms with Crippen molar-refractivity contribution >= 4 is 45.0 Å². The zero-order chi connectivity index (χ0) is 23.9. The molecule has 0 aromatic heterocycles. The molecule has 0 heterocycles. The number of anilines is 2. The van der Waals surface area contributed by atoms with E-state index in [4.69, 9.17) is 0 Å². The first-order valence-corrected chi connectivity index (χ1v) is 12.2. The minimum Gasteiger partial charge on any atom is -0.326 e. The Hall–Kier alpha value is -2.57. The number of hydrogen-bond acceptors (Lipinski definition) is 5. The molecule has 0 unspecified atom stereocenters. The van der Waals surface area contributed by atoms with Gasteiger partial charge in [0.15, 0.2) is 0 Å². The number of thioether (sulfide) groups is 1. The van der Waals surface area contributed by atoms with Crippen molar-refractivity contribution in [3.05, 3.63) is 54.1 Å². The van der Waals surface area contributed by atoms with E-state index < -0.39 is 38.6 Å². The van der Waals surface area contributed by atoms with Crippen LogP contribution in [0.2, 0.25) is 0 Å². The molecule has 0 fully saturated rings. The van der Waals surface area contributed by atoms with Gasteiger partial charge in [0.2, 0.25) is 21.8 Å². The van der Waals surface area contributed by atoms with Crippen LogP contribution in [0.3, 0.4) is 0 Å². The van der Waals surface area contributed by atoms with E-state index in [0.29, 0.717) is 23.2 Å². The second-order valence-electron chi connectivity index (χ2n) is 6.73. The summed E-state index contributed by atoms with van der Waals surface area (Å²) in [6, 6.07) is 8.26. The number of halogens is 3. The lowest BCUT2D eigenvalue weighted by Crippen LogP contribution is -2.44. The van der Waals surface area contributed by atoms with Crippen LogP contribution in [0.1, 0.15) is 18.9 Å². The van der Waals surface area contributed by atoms with Gasteiger partial charge in [0.25, 0.3) is 0 Å². The van der Waals surface area contributed by atoms with Gasteiger partial charge in [0, 0.05) is 18.3 Å². The third kappa shape index (κ3) is 7.53. The Balaban J connectivity index is 2.20. The van der Waals surface area contributed by atoms with E-state index in [0.717, 1.165) is 18.2 Å². The third-order valence-corrected chi connectivity index (χ3v) is 6.28. The van der Waals surface area contributed by atoms with E-state index in [1.165, 1.54) is 30.8 Å². The predicted molar refractivity (Wildman–Crippen MR) is 118 cm³/mol. The molecule has 2 aromatic rings. The molecule has 12 heteroatoms. The number of benzene rings is 2. The third-order valence-electron chi connectivity index (χ3n) is 4.17. The van der Waals surface area contributed by atoms with Crippen LogP contribution >= 0.6 is 11.8 Å². The van der Waals surface area contributed by atoms with Gasteiger partial charge in [-0.3, -0.25) is 9.59 Å². The molecule has 174 valence electrons. The van der Waals surface area contributed by atoms with Crippen molar-refractivity contribution in [3.63, 3.8) is 0 Å². The van der Waals surface area contributed by atoms with Crippen LogP contribution in [0.15, 0.2) is 53.4 Å². The summed E-state index contributed by atoms with van der Waals surface area (Å²) < 4.78 is 66.4. The minimum atomic E-state index is -4.70. The molecule has 0 bridgehead atoms. The largest absolute Gasteiger partial charge is 0.416 e. The molecule has 0 aliphatic carbocycles. The molecule has 32 heavy (non-hydrogen) atoms. The van der Waals surface area contributed by atoms with E-state index in [1.54, 1.807) is 18.4 Å². The predicted octanol–water partition coefficient (Wildman–Crippen LogP) is 3.70. The molecule has 3 N–H and O–H groups in total. The van der Waals surface area contributed by atoms with Crippen LogP contribution in [0, 0.1) is 0 Å². The van der Waals surface area contributed by atoms with E-state index in [1.807, 2.05) is 0 Å². The number of carbonyl (C=O) groups is 2. The fraction of sp³-hybridized carbons (Fsp3) is 0.300. The van der Waals surface area contributed by atoms with Crippen molar-refractivity contribution in [2.75, 3.05) is 22.6 Å². The second kappa shape index (κ2) is 10.8. The fourth-order valence-electron chi connectivity index (χ4n) is 2.64. The van der Waals surface area contributed by atoms with Crippen LogP contribution in [0.5, 0.6) is 0 Å². The van der Waals surface area contributed by atoms with Gasteiger partial charge in [0.05, 0.1) is 10.5 Å². The molecule has 0 radical (unpaired) electrons. The van der Waals surface area contributed by atoms with Crippen LogP contribution in [0.4, 0.5) is 24.5 Å². The monoisotopic (exact) mass is 489 g/mol. The highest BCUT2D eigenvalue weighted by Gasteiger charge is 2.32. The topological polar surface area (TPSA) is 104 Å². The maximum atomic E-state index is 12.9. The Morgan fingerprint density at radius 3 is 2.16 bits per heavy atom. The summed E-state index contributed by atoms with van der Waals surface area (Å²) in [5.41, 5.74) is -0.235. The van der Waals surface area contributed by atoms with Gasteiger partial charge in [0.1, 0.15) is 6.04 Å². The minimum absolute atomic E-state index is 0.120. The van der Waals surface area contributed by atoms with Gasteiger partial charge >= 0.3 is 6.18 Å². The number of amides is 2. The lowest BCUT2D eigenvalue weighted by Gasteiger charge is -2.19. The van der Waals surface area contributed by atoms with Crippen molar-refractivity contribution in [2.45, 2.75) is 30.5 Å². The summed E-state index contributed by atoms with van der Waals surface area (Å²) in [7, 11) is -4.40. The van der Waals surface area contributed by atoms with Crippen molar-refractivity contribution in [2.24, 2.45) is 0 Å². The Kier molecular flexibility index (Phi) is 8.70. The summed E-state index contributed by atoms with van der Waals surface area (Å²) in [5.74, 6) is -0.491. The molecule has 0 saturated carbocycles. The molecular weight excluding hydrogens is 467 g/mol. The Labute approximate surface area is 188 Å². The zero-order valence-electron chi connectivity index (χ0n) is 17.2. The smallest absolute Gasteiger partial charge is 0.326 e. The first-order valence-electron chi connectivity index (χ1n) is 9.29. The lowest BCUT2D eigenvalue weighted by atomic mass is 10.2. The first-order chi connectivity index (χ1) is 14.9. The molecule has 0 aliphatic rings. The highest BCUT2D eigenvalue weighted by molar-refractivity contribution is 7.98. The van der Waals surface area contributed by atoms with Crippen LogP contribution in [-0.2, 0) is 25.8 Å². The van der Waals surface area contributed by atoms with Gasteiger partial charge in [-0.15, -0.1) is 0 Å². The highest BCUT2D eigenvalue weighted by atomic mass is 32.2. The standard InChI is InChI=1S/C20H22F3N3O4S2/c1-13(27)24-15-6-8-16(9-7-15)25-19(28)18(10-11-31-2)26-32(29,30)17-5-3-4-14(12-17)20(21,22)23/h3-9,12,18,26H,10-11H2,1-2H3,(H,24,27)(H,25,28)/t18-/m1/s1. The van der Waals surface area contributed by atoms with Gasteiger partial charge in [-0.2, -0.15) is 29.7 Å². The second-order valence-corrected chi connectivity index (χ2v) is 9.43. The van der Waals surface area contributed by atoms with Gasteiger partial charge in [-0.1, -0.05) is 6.07 Å². The number of alkyl halides is 3. The summed E-state index contributed by atoms with van der Waals surface area (Å²) in [6.45, 7) is 1.35. The Bertz CT molecular complexity index is 1060. The van der Waals surface area contributed by atoms with Gasteiger partial charge in [-0.05, 0) is 60.9 Å². The lowest BCUT2D eigenvalue weighted by molar-refractivity contribution is -0.137. The molecule has 0 aliphatic heterocycles. The van der Waals surface area contributed by atoms with Crippen LogP contribution in [-0.4, -0.2) is 38.3 Å². The van der Waals surface area contributed by atoms with Crippen molar-refractivity contribution in [1.29, 1.82) is 0 Å². The Morgan fingerprint density at radius 2 is 1.62 bits per heavy atom. The molecule has 1 atom stereocenters. The molecule has 0 saturated heterocycles. The molecule has 7 nitrogen and oxygen atoms in total. The molecular formula is C20H22F3N3O4S2. The van der Waals surface area contributed by atoms with E-state index >= 15 is 0 Å². The normalized spacial score (nSPS) is 12.8. The summed E-state index contributed by atoms with van der Waals surface area (Å²) in [5, 5.41) is 5.15. The van der Waals surface area contributed by atoms with Gasteiger partial charge < -0.3 is 10.6 Å². The summed E-state index contributed by atoms with van der Waals surface area (Å²) in [6.07, 6.45) is -2.81. The average molecular weight is 490 g/mol. The van der Waals surface area contributed by atoms with Crippen molar-refractivity contribution < 1.29 is 31.2 Å². The number of rotatable bonds is 9. The van der Waals surface area contributed by atoms with E-state index in [9.17, 15) is 31.2 Å². The molecule has 0 spiro atoms. The number of sulfonamides is 1. The highest BCUT2D eigenvalue weighted by Crippen LogP contribution is 2.30.